The van der Waals surface area contributed by atoms with E-state index < -0.39 is 6.10 Å². The van der Waals surface area contributed by atoms with Crippen LogP contribution in [0.2, 0.25) is 0 Å². The van der Waals surface area contributed by atoms with E-state index in [4.69, 9.17) is 9.47 Å². The Hall–Kier alpha value is -2.40. The highest BCUT2D eigenvalue weighted by Crippen LogP contribution is 2.43. The van der Waals surface area contributed by atoms with E-state index in [1.807, 2.05) is 18.2 Å². The van der Waals surface area contributed by atoms with Gasteiger partial charge < -0.3 is 14.6 Å². The maximum Gasteiger partial charge on any atom is 0.338 e. The smallest absolute Gasteiger partial charge is 0.338 e. The Morgan fingerprint density at radius 2 is 2.14 bits per heavy atom. The van der Waals surface area contributed by atoms with Gasteiger partial charge in [0.1, 0.15) is 12.2 Å². The SMILES string of the molecule is O=C1C[C@@H]2[C@@H](/C=C/[C@@H](O)CC3C=CCCC3)[C@H](OC(=O)c3ccccc3)C[C@@H]2O1. The van der Waals surface area contributed by atoms with Crippen LogP contribution in [0.4, 0.5) is 0 Å². The first kappa shape index (κ1) is 19.9. The van der Waals surface area contributed by atoms with E-state index >= 15 is 0 Å². The molecule has 0 spiro atoms. The highest BCUT2D eigenvalue weighted by molar-refractivity contribution is 5.89. The number of carbonyl (C=O) groups excluding carboxylic acids is 2. The number of hydrogen-bond acceptors (Lipinski definition) is 5. The highest BCUT2D eigenvalue weighted by Gasteiger charge is 2.50. The van der Waals surface area contributed by atoms with Crippen LogP contribution in [0, 0.1) is 17.8 Å². The lowest BCUT2D eigenvalue weighted by Gasteiger charge is -2.21. The first-order valence-corrected chi connectivity index (χ1v) is 10.6. The number of allylic oxidation sites excluding steroid dienone is 2. The number of esters is 2. The second kappa shape index (κ2) is 8.95. The van der Waals surface area contributed by atoms with Gasteiger partial charge in [-0.25, -0.2) is 4.79 Å². The van der Waals surface area contributed by atoms with Gasteiger partial charge in [-0.1, -0.05) is 42.5 Å². The molecule has 2 aliphatic carbocycles. The fourth-order valence-corrected chi connectivity index (χ4v) is 4.79. The van der Waals surface area contributed by atoms with Crippen LogP contribution in [-0.2, 0) is 14.3 Å². The molecule has 5 nitrogen and oxygen atoms in total. The summed E-state index contributed by atoms with van der Waals surface area (Å²) >= 11 is 0. The van der Waals surface area contributed by atoms with Gasteiger partial charge in [-0.2, -0.15) is 0 Å². The number of benzene rings is 1. The molecule has 5 heteroatoms. The lowest BCUT2D eigenvalue weighted by atomic mass is 9.89. The molecule has 1 saturated carbocycles. The van der Waals surface area contributed by atoms with Crippen molar-refractivity contribution in [1.82, 2.24) is 0 Å². The van der Waals surface area contributed by atoms with Crippen molar-refractivity contribution in [2.45, 2.75) is 56.8 Å². The molecule has 29 heavy (non-hydrogen) atoms. The minimum Gasteiger partial charge on any atom is -0.462 e. The molecule has 1 N–H and O–H groups in total. The summed E-state index contributed by atoms with van der Waals surface area (Å²) in [5.41, 5.74) is 0.508. The zero-order valence-electron chi connectivity index (χ0n) is 16.5. The predicted octanol–water partition coefficient (Wildman–Crippen LogP) is 3.83. The van der Waals surface area contributed by atoms with Gasteiger partial charge in [-0.05, 0) is 43.7 Å². The summed E-state index contributed by atoms with van der Waals surface area (Å²) in [5.74, 6) is -0.292. The standard InChI is InChI=1S/C24H28O5/c25-18(13-16-7-3-1-4-8-16)11-12-19-20-14-23(26)28-22(20)15-21(19)29-24(27)17-9-5-2-6-10-17/h2-3,5-7,9-12,16,18-22,25H,1,4,8,13-15H2/b12-11+/t16?,18-,19-,20-,21-,22+/m1/s1. The van der Waals surface area contributed by atoms with Gasteiger partial charge >= 0.3 is 11.9 Å². The molecule has 0 amide bonds. The molecule has 6 atom stereocenters. The molecule has 1 aromatic rings. The average Bonchev–Trinajstić information content (AvgIpc) is 3.23. The third kappa shape index (κ3) is 4.78. The highest BCUT2D eigenvalue weighted by atomic mass is 16.6. The van der Waals surface area contributed by atoms with Crippen molar-refractivity contribution >= 4 is 11.9 Å². The Morgan fingerprint density at radius 3 is 2.90 bits per heavy atom. The zero-order chi connectivity index (χ0) is 20.2. The minimum absolute atomic E-state index is 0.00546. The van der Waals surface area contributed by atoms with Gasteiger partial charge in [0.05, 0.1) is 18.1 Å². The predicted molar refractivity (Wildman–Crippen MR) is 108 cm³/mol. The molecule has 2 fully saturated rings. The minimum atomic E-state index is -0.551. The Morgan fingerprint density at radius 1 is 1.31 bits per heavy atom. The van der Waals surface area contributed by atoms with Crippen LogP contribution in [0.15, 0.2) is 54.6 Å². The first-order valence-electron chi connectivity index (χ1n) is 10.6. The molecule has 1 aromatic carbocycles. The lowest BCUT2D eigenvalue weighted by Crippen LogP contribution is -2.25. The van der Waals surface area contributed by atoms with Gasteiger partial charge in [0, 0.05) is 18.3 Å². The summed E-state index contributed by atoms with van der Waals surface area (Å²) < 4.78 is 11.2. The van der Waals surface area contributed by atoms with Crippen LogP contribution < -0.4 is 0 Å². The number of hydrogen-bond donors (Lipinski definition) is 1. The Bertz CT molecular complexity index is 784. The van der Waals surface area contributed by atoms with Crippen molar-refractivity contribution < 1.29 is 24.2 Å². The molecule has 1 unspecified atom stereocenters. The molecule has 1 heterocycles. The molecule has 1 aliphatic heterocycles. The van der Waals surface area contributed by atoms with Crippen molar-refractivity contribution in [3.05, 3.63) is 60.2 Å². The largest absolute Gasteiger partial charge is 0.462 e. The number of aliphatic hydroxyl groups is 1. The average molecular weight is 396 g/mol. The van der Waals surface area contributed by atoms with Gasteiger partial charge in [0.25, 0.3) is 0 Å². The molecule has 0 radical (unpaired) electrons. The van der Waals surface area contributed by atoms with Crippen LogP contribution in [0.1, 0.15) is 48.9 Å². The number of aliphatic hydroxyl groups excluding tert-OH is 1. The topological polar surface area (TPSA) is 72.8 Å². The van der Waals surface area contributed by atoms with Crippen LogP contribution in [0.3, 0.4) is 0 Å². The van der Waals surface area contributed by atoms with E-state index in [0.29, 0.717) is 30.7 Å². The van der Waals surface area contributed by atoms with E-state index in [1.54, 1.807) is 24.3 Å². The molecule has 0 bridgehead atoms. The zero-order valence-corrected chi connectivity index (χ0v) is 16.5. The summed E-state index contributed by atoms with van der Waals surface area (Å²) in [6.07, 6.45) is 11.9. The second-order valence-corrected chi connectivity index (χ2v) is 8.33. The quantitative estimate of drug-likeness (QED) is 0.584. The first-order chi connectivity index (χ1) is 14.1. The van der Waals surface area contributed by atoms with Crippen molar-refractivity contribution in [2.75, 3.05) is 0 Å². The van der Waals surface area contributed by atoms with Crippen molar-refractivity contribution in [1.29, 1.82) is 0 Å². The third-order valence-electron chi connectivity index (χ3n) is 6.27. The fraction of sp³-hybridized carbons (Fsp3) is 0.500. The van der Waals surface area contributed by atoms with E-state index in [2.05, 4.69) is 12.2 Å². The number of fused-ring (bicyclic) bond motifs is 1. The van der Waals surface area contributed by atoms with Crippen LogP contribution in [0.5, 0.6) is 0 Å². The molecular formula is C24H28O5. The summed E-state index contributed by atoms with van der Waals surface area (Å²) in [5, 5.41) is 10.5. The van der Waals surface area contributed by atoms with Crippen molar-refractivity contribution in [3.63, 3.8) is 0 Å². The maximum atomic E-state index is 12.5. The fourth-order valence-electron chi connectivity index (χ4n) is 4.79. The number of ether oxygens (including phenoxy) is 2. The number of carbonyl (C=O) groups is 2. The van der Waals surface area contributed by atoms with Gasteiger partial charge in [-0.15, -0.1) is 0 Å². The Kier molecular flexibility index (Phi) is 6.14. The second-order valence-electron chi connectivity index (χ2n) is 8.33. The van der Waals surface area contributed by atoms with Crippen LogP contribution in [-0.4, -0.2) is 35.4 Å². The van der Waals surface area contributed by atoms with Crippen LogP contribution in [0.25, 0.3) is 0 Å². The van der Waals surface area contributed by atoms with E-state index in [1.165, 1.54) is 6.42 Å². The Balaban J connectivity index is 1.43. The monoisotopic (exact) mass is 396 g/mol. The molecule has 154 valence electrons. The van der Waals surface area contributed by atoms with E-state index in [0.717, 1.165) is 12.8 Å². The molecule has 3 aliphatic rings. The lowest BCUT2D eigenvalue weighted by molar-refractivity contribution is -0.141. The van der Waals surface area contributed by atoms with E-state index in [9.17, 15) is 14.7 Å². The van der Waals surface area contributed by atoms with E-state index in [-0.39, 0.29) is 36.0 Å². The maximum absolute atomic E-state index is 12.5. The van der Waals surface area contributed by atoms with Gasteiger partial charge in [-0.3, -0.25) is 4.79 Å². The summed E-state index contributed by atoms with van der Waals surface area (Å²) in [4.78, 5) is 24.3. The summed E-state index contributed by atoms with van der Waals surface area (Å²) in [7, 11) is 0. The van der Waals surface area contributed by atoms with Gasteiger partial charge in [0.15, 0.2) is 0 Å². The molecule has 1 saturated heterocycles. The third-order valence-corrected chi connectivity index (χ3v) is 6.27. The van der Waals surface area contributed by atoms with Crippen LogP contribution >= 0.6 is 0 Å². The normalized spacial score (nSPS) is 32.2. The molecule has 0 aromatic heterocycles. The van der Waals surface area contributed by atoms with Gasteiger partial charge in [0.2, 0.25) is 0 Å². The number of rotatable bonds is 6. The summed E-state index contributed by atoms with van der Waals surface area (Å²) in [6.45, 7) is 0. The van der Waals surface area contributed by atoms with Crippen molar-refractivity contribution in [2.24, 2.45) is 17.8 Å². The van der Waals surface area contributed by atoms with Crippen molar-refractivity contribution in [3.8, 4) is 0 Å². The molecular weight excluding hydrogens is 368 g/mol. The molecule has 4 rings (SSSR count). The summed E-state index contributed by atoms with van der Waals surface area (Å²) in [6, 6.07) is 8.91. The Labute approximate surface area is 171 Å².